The normalized spacial score (nSPS) is 29.5. The molecular formula is C13H14ClNO3. The Balaban J connectivity index is 1.75. The monoisotopic (exact) mass is 267 g/mol. The van der Waals surface area contributed by atoms with E-state index >= 15 is 0 Å². The molecule has 1 aromatic carbocycles. The summed E-state index contributed by atoms with van der Waals surface area (Å²) in [5.74, 6) is -0.966. The van der Waals surface area contributed by atoms with E-state index in [1.165, 1.54) is 6.07 Å². The van der Waals surface area contributed by atoms with Gasteiger partial charge in [0.2, 0.25) is 0 Å². The number of rotatable bonds is 3. The summed E-state index contributed by atoms with van der Waals surface area (Å²) >= 11 is 6.09. The van der Waals surface area contributed by atoms with Crippen molar-refractivity contribution in [3.63, 3.8) is 0 Å². The van der Waals surface area contributed by atoms with Crippen molar-refractivity contribution >= 4 is 23.3 Å². The first-order valence-corrected chi connectivity index (χ1v) is 6.46. The molecule has 2 saturated heterocycles. The quantitative estimate of drug-likeness (QED) is 0.884. The van der Waals surface area contributed by atoms with Crippen LogP contribution >= 0.6 is 11.6 Å². The fourth-order valence-corrected chi connectivity index (χ4v) is 2.99. The number of hydrogen-bond donors (Lipinski definition) is 2. The van der Waals surface area contributed by atoms with Gasteiger partial charge in [0.25, 0.3) is 0 Å². The van der Waals surface area contributed by atoms with Crippen molar-refractivity contribution in [3.8, 4) is 0 Å². The van der Waals surface area contributed by atoms with Gasteiger partial charge in [-0.25, -0.2) is 4.79 Å². The van der Waals surface area contributed by atoms with Gasteiger partial charge < -0.3 is 15.2 Å². The molecular weight excluding hydrogens is 254 g/mol. The summed E-state index contributed by atoms with van der Waals surface area (Å²) in [6.45, 7) is 0. The molecule has 2 heterocycles. The summed E-state index contributed by atoms with van der Waals surface area (Å²) in [6, 6.07) is 5.04. The summed E-state index contributed by atoms with van der Waals surface area (Å²) < 4.78 is 5.76. The molecule has 3 atom stereocenters. The number of carbonyl (C=O) groups is 1. The van der Waals surface area contributed by atoms with Crippen molar-refractivity contribution < 1.29 is 14.6 Å². The highest BCUT2D eigenvalue weighted by Crippen LogP contribution is 2.37. The topological polar surface area (TPSA) is 58.6 Å². The molecule has 3 unspecified atom stereocenters. The molecule has 0 saturated carbocycles. The average molecular weight is 268 g/mol. The smallest absolute Gasteiger partial charge is 0.335 e. The minimum atomic E-state index is -0.966. The second kappa shape index (κ2) is 4.44. The first kappa shape index (κ1) is 11.8. The Bertz CT molecular complexity index is 491. The molecule has 0 radical (unpaired) electrons. The zero-order valence-electron chi connectivity index (χ0n) is 9.73. The Labute approximate surface area is 110 Å². The molecule has 4 nitrogen and oxygen atoms in total. The molecule has 0 amide bonds. The molecule has 2 fully saturated rings. The molecule has 1 aromatic rings. The Kier molecular flexibility index (Phi) is 2.92. The first-order valence-electron chi connectivity index (χ1n) is 6.08. The predicted molar refractivity (Wildman–Crippen MR) is 68.3 cm³/mol. The van der Waals surface area contributed by atoms with Crippen molar-refractivity contribution in [1.82, 2.24) is 0 Å². The summed E-state index contributed by atoms with van der Waals surface area (Å²) in [5.41, 5.74) is 0.984. The van der Waals surface area contributed by atoms with Crippen LogP contribution in [-0.4, -0.2) is 29.3 Å². The third-order valence-corrected chi connectivity index (χ3v) is 3.98. The lowest BCUT2D eigenvalue weighted by atomic mass is 9.95. The third-order valence-electron chi connectivity index (χ3n) is 3.66. The van der Waals surface area contributed by atoms with Crippen LogP contribution in [0.4, 0.5) is 5.69 Å². The molecule has 2 aliphatic heterocycles. The van der Waals surface area contributed by atoms with E-state index in [1.54, 1.807) is 12.1 Å². The van der Waals surface area contributed by atoms with Gasteiger partial charge in [-0.15, -0.1) is 0 Å². The average Bonchev–Trinajstić information content (AvgIpc) is 2.93. The zero-order valence-corrected chi connectivity index (χ0v) is 10.5. The number of benzene rings is 1. The van der Waals surface area contributed by atoms with Gasteiger partial charge in [-0.2, -0.15) is 0 Å². The fourth-order valence-electron chi connectivity index (χ4n) is 2.75. The van der Waals surface area contributed by atoms with Gasteiger partial charge in [0.15, 0.2) is 0 Å². The number of halogens is 1. The molecule has 18 heavy (non-hydrogen) atoms. The molecule has 2 bridgehead atoms. The van der Waals surface area contributed by atoms with E-state index in [1.807, 2.05) is 0 Å². The Morgan fingerprint density at radius 2 is 2.28 bits per heavy atom. The number of ether oxygens (including phenoxy) is 1. The van der Waals surface area contributed by atoms with Crippen LogP contribution in [0, 0.1) is 0 Å². The number of nitrogens with one attached hydrogen (secondary N) is 1. The lowest BCUT2D eigenvalue weighted by Crippen LogP contribution is -2.30. The van der Waals surface area contributed by atoms with Crippen LogP contribution in [0.3, 0.4) is 0 Å². The molecule has 2 N–H and O–H groups in total. The summed E-state index contributed by atoms with van der Waals surface area (Å²) in [6.07, 6.45) is 3.89. The number of carboxylic acids is 1. The molecule has 2 aliphatic rings. The number of hydrogen-bond acceptors (Lipinski definition) is 3. The summed E-state index contributed by atoms with van der Waals surface area (Å²) in [4.78, 5) is 10.8. The predicted octanol–water partition coefficient (Wildman–Crippen LogP) is 2.77. The lowest BCUT2D eigenvalue weighted by Gasteiger charge is -2.22. The Hall–Kier alpha value is -1.26. The van der Waals surface area contributed by atoms with Crippen LogP contribution in [0.1, 0.15) is 29.6 Å². The van der Waals surface area contributed by atoms with E-state index in [4.69, 9.17) is 21.4 Å². The number of carboxylic acid groups (broad SMARTS) is 1. The van der Waals surface area contributed by atoms with Crippen molar-refractivity contribution in [2.75, 3.05) is 5.32 Å². The van der Waals surface area contributed by atoms with Gasteiger partial charge in [0.05, 0.1) is 34.5 Å². The molecule has 5 heteroatoms. The van der Waals surface area contributed by atoms with Crippen LogP contribution in [0.25, 0.3) is 0 Å². The second-order valence-corrected chi connectivity index (χ2v) is 5.27. The first-order chi connectivity index (χ1) is 8.63. The standard InChI is InChI=1S/C13H14ClNO3/c14-9-5-7(13(16)17)1-3-10(9)15-11-6-8-2-4-12(11)18-8/h1,3,5,8,11-12,15H,2,4,6H2,(H,16,17). The highest BCUT2D eigenvalue weighted by Gasteiger charge is 2.40. The largest absolute Gasteiger partial charge is 0.478 e. The van der Waals surface area contributed by atoms with E-state index in [0.29, 0.717) is 11.1 Å². The molecule has 3 rings (SSSR count). The number of fused-ring (bicyclic) bond motifs is 2. The number of aromatic carboxylic acids is 1. The zero-order chi connectivity index (χ0) is 12.7. The minimum Gasteiger partial charge on any atom is -0.478 e. The molecule has 0 aliphatic carbocycles. The van der Waals surface area contributed by atoms with Crippen LogP contribution < -0.4 is 5.32 Å². The van der Waals surface area contributed by atoms with E-state index < -0.39 is 5.97 Å². The molecule has 0 spiro atoms. The maximum atomic E-state index is 10.8. The minimum absolute atomic E-state index is 0.203. The van der Waals surface area contributed by atoms with Crippen molar-refractivity contribution in [1.29, 1.82) is 0 Å². The maximum Gasteiger partial charge on any atom is 0.335 e. The van der Waals surface area contributed by atoms with E-state index in [9.17, 15) is 4.79 Å². The van der Waals surface area contributed by atoms with Gasteiger partial charge in [0, 0.05) is 0 Å². The van der Waals surface area contributed by atoms with Crippen molar-refractivity contribution in [2.45, 2.75) is 37.5 Å². The van der Waals surface area contributed by atoms with Crippen LogP contribution in [-0.2, 0) is 4.74 Å². The summed E-state index contributed by atoms with van der Waals surface area (Å²) in [5, 5.41) is 12.7. The number of anilines is 1. The van der Waals surface area contributed by atoms with E-state index in [2.05, 4.69) is 5.32 Å². The van der Waals surface area contributed by atoms with Crippen LogP contribution in [0.2, 0.25) is 5.02 Å². The van der Waals surface area contributed by atoms with Gasteiger partial charge in [-0.1, -0.05) is 11.6 Å². The maximum absolute atomic E-state index is 10.8. The highest BCUT2D eigenvalue weighted by atomic mass is 35.5. The van der Waals surface area contributed by atoms with Gasteiger partial charge in [-0.05, 0) is 37.5 Å². The van der Waals surface area contributed by atoms with E-state index in [0.717, 1.165) is 24.9 Å². The summed E-state index contributed by atoms with van der Waals surface area (Å²) in [7, 11) is 0. The second-order valence-electron chi connectivity index (χ2n) is 4.86. The SMILES string of the molecule is O=C(O)c1ccc(NC2CC3CCC2O3)c(Cl)c1. The fraction of sp³-hybridized carbons (Fsp3) is 0.462. The van der Waals surface area contributed by atoms with E-state index in [-0.39, 0.29) is 17.7 Å². The third kappa shape index (κ3) is 2.06. The lowest BCUT2D eigenvalue weighted by molar-refractivity contribution is 0.0697. The highest BCUT2D eigenvalue weighted by molar-refractivity contribution is 6.33. The van der Waals surface area contributed by atoms with Crippen LogP contribution in [0.15, 0.2) is 18.2 Å². The van der Waals surface area contributed by atoms with Crippen LogP contribution in [0.5, 0.6) is 0 Å². The molecule has 96 valence electrons. The van der Waals surface area contributed by atoms with Gasteiger partial charge in [0.1, 0.15) is 0 Å². The molecule has 0 aromatic heterocycles. The Morgan fingerprint density at radius 1 is 1.44 bits per heavy atom. The van der Waals surface area contributed by atoms with Gasteiger partial charge >= 0.3 is 5.97 Å². The van der Waals surface area contributed by atoms with Crippen molar-refractivity contribution in [3.05, 3.63) is 28.8 Å². The Morgan fingerprint density at radius 3 is 2.83 bits per heavy atom. The van der Waals surface area contributed by atoms with Gasteiger partial charge in [-0.3, -0.25) is 0 Å². The van der Waals surface area contributed by atoms with Crippen molar-refractivity contribution in [2.24, 2.45) is 0 Å².